The fraction of sp³-hybridized carbons (Fsp3) is 0.391. The van der Waals surface area contributed by atoms with Crippen LogP contribution in [0.15, 0.2) is 52.8 Å². The predicted octanol–water partition coefficient (Wildman–Crippen LogP) is 1.99. The first-order chi connectivity index (χ1) is 16.4. The van der Waals surface area contributed by atoms with E-state index in [1.165, 1.54) is 21.6 Å². The smallest absolute Gasteiger partial charge is 0.243 e. The molecule has 1 saturated heterocycles. The van der Waals surface area contributed by atoms with Gasteiger partial charge in [0.15, 0.2) is 11.0 Å². The number of sulfonamides is 1. The molecule has 1 fully saturated rings. The normalized spacial score (nSPS) is 16.6. The van der Waals surface area contributed by atoms with Gasteiger partial charge in [-0.2, -0.15) is 4.31 Å². The molecule has 0 saturated carbocycles. The van der Waals surface area contributed by atoms with Crippen molar-refractivity contribution in [3.63, 3.8) is 0 Å². The van der Waals surface area contributed by atoms with E-state index in [9.17, 15) is 13.2 Å². The molecule has 5 rings (SSSR count). The predicted molar refractivity (Wildman–Crippen MR) is 129 cm³/mol. The Bertz CT molecular complexity index is 1300. The van der Waals surface area contributed by atoms with Crippen molar-refractivity contribution in [2.45, 2.75) is 29.3 Å². The van der Waals surface area contributed by atoms with Crippen molar-refractivity contribution < 1.29 is 13.2 Å². The summed E-state index contributed by atoms with van der Waals surface area (Å²) in [5, 5.41) is 9.06. The fourth-order valence-electron chi connectivity index (χ4n) is 4.44. The molecular formula is C23H26N6O3S2. The molecule has 0 N–H and O–H groups in total. The third-order valence-corrected chi connectivity index (χ3v) is 9.28. The molecule has 0 atom stereocenters. The van der Waals surface area contributed by atoms with Crippen molar-refractivity contribution in [3.8, 4) is 11.4 Å². The molecule has 0 spiro atoms. The Morgan fingerprint density at radius 1 is 1.06 bits per heavy atom. The maximum Gasteiger partial charge on any atom is 0.243 e. The van der Waals surface area contributed by atoms with Gasteiger partial charge < -0.3 is 9.47 Å². The lowest BCUT2D eigenvalue weighted by atomic mass is 10.1. The maximum absolute atomic E-state index is 13.1. The number of fused-ring (bicyclic) bond motifs is 1. The largest absolute Gasteiger partial charge is 0.339 e. The summed E-state index contributed by atoms with van der Waals surface area (Å²) in [7, 11) is -1.69. The summed E-state index contributed by atoms with van der Waals surface area (Å²) in [4.78, 5) is 19.0. The van der Waals surface area contributed by atoms with E-state index in [4.69, 9.17) is 0 Å². The van der Waals surface area contributed by atoms with Gasteiger partial charge in [0.1, 0.15) is 0 Å². The minimum absolute atomic E-state index is 0.0366. The van der Waals surface area contributed by atoms with Crippen LogP contribution in [-0.2, 0) is 34.7 Å². The Morgan fingerprint density at radius 2 is 1.85 bits per heavy atom. The monoisotopic (exact) mass is 498 g/mol. The molecule has 9 nitrogen and oxygen atoms in total. The van der Waals surface area contributed by atoms with Gasteiger partial charge in [0, 0.05) is 51.2 Å². The number of nitrogens with zero attached hydrogens (tertiary/aromatic N) is 6. The Kier molecular flexibility index (Phi) is 6.41. The Morgan fingerprint density at radius 3 is 2.62 bits per heavy atom. The van der Waals surface area contributed by atoms with Crippen LogP contribution in [0.1, 0.15) is 17.5 Å². The molecule has 1 aromatic carbocycles. The molecule has 34 heavy (non-hydrogen) atoms. The van der Waals surface area contributed by atoms with Crippen molar-refractivity contribution in [2.24, 2.45) is 7.05 Å². The minimum atomic E-state index is -3.55. The van der Waals surface area contributed by atoms with E-state index in [0.717, 1.165) is 30.4 Å². The number of rotatable bonds is 6. The number of carbonyl (C=O) groups excluding carboxylic acids is 1. The average molecular weight is 499 g/mol. The van der Waals surface area contributed by atoms with E-state index >= 15 is 0 Å². The van der Waals surface area contributed by atoms with Crippen LogP contribution in [0.2, 0.25) is 0 Å². The molecule has 1 aliphatic heterocycles. The van der Waals surface area contributed by atoms with Gasteiger partial charge in [-0.1, -0.05) is 17.8 Å². The topological polar surface area (TPSA) is 101 Å². The van der Waals surface area contributed by atoms with Crippen LogP contribution in [0.5, 0.6) is 0 Å². The van der Waals surface area contributed by atoms with Gasteiger partial charge in [0.25, 0.3) is 0 Å². The standard InChI is InChI=1S/C23H26N6O3S2/c1-27-22(19-6-3-9-24-15-19)25-26-23(27)33-16-21(30)28-10-12-29(13-11-28)34(31,32)20-8-7-17-4-2-5-18(17)14-20/h3,6-9,14-15H,2,4-5,10-13,16H2,1H3. The number of carbonyl (C=O) groups is 1. The van der Waals surface area contributed by atoms with Crippen molar-refractivity contribution in [1.82, 2.24) is 29.0 Å². The van der Waals surface area contributed by atoms with Gasteiger partial charge in [0.2, 0.25) is 15.9 Å². The number of aryl methyl sites for hydroxylation is 2. The average Bonchev–Trinajstić information content (AvgIpc) is 3.49. The zero-order valence-corrected chi connectivity index (χ0v) is 20.6. The molecule has 11 heteroatoms. The van der Waals surface area contributed by atoms with Crippen LogP contribution in [-0.4, -0.2) is 75.2 Å². The zero-order valence-electron chi connectivity index (χ0n) is 18.9. The Hall–Kier alpha value is -2.76. The number of piperazine rings is 1. The van der Waals surface area contributed by atoms with Crippen LogP contribution in [0.4, 0.5) is 0 Å². The molecule has 178 valence electrons. The van der Waals surface area contributed by atoms with E-state index in [1.807, 2.05) is 35.9 Å². The molecule has 1 aliphatic carbocycles. The lowest BCUT2D eigenvalue weighted by Crippen LogP contribution is -2.51. The van der Waals surface area contributed by atoms with Gasteiger partial charge >= 0.3 is 0 Å². The highest BCUT2D eigenvalue weighted by atomic mass is 32.2. The first-order valence-corrected chi connectivity index (χ1v) is 13.7. The zero-order chi connectivity index (χ0) is 23.7. The second kappa shape index (κ2) is 9.47. The summed E-state index contributed by atoms with van der Waals surface area (Å²) in [5.74, 6) is 0.871. The quantitative estimate of drug-likeness (QED) is 0.479. The molecule has 0 radical (unpaired) electrons. The Balaban J connectivity index is 1.17. The highest BCUT2D eigenvalue weighted by molar-refractivity contribution is 7.99. The van der Waals surface area contributed by atoms with Crippen LogP contribution in [0.25, 0.3) is 11.4 Å². The van der Waals surface area contributed by atoms with Crippen LogP contribution in [0, 0.1) is 0 Å². The highest BCUT2D eigenvalue weighted by Crippen LogP contribution is 2.27. The maximum atomic E-state index is 13.1. The number of amides is 1. The molecule has 0 unspecified atom stereocenters. The molecule has 1 amide bonds. The molecule has 0 bridgehead atoms. The number of thioether (sulfide) groups is 1. The van der Waals surface area contributed by atoms with Gasteiger partial charge in [-0.3, -0.25) is 9.78 Å². The summed E-state index contributed by atoms with van der Waals surface area (Å²) in [5.41, 5.74) is 3.25. The summed E-state index contributed by atoms with van der Waals surface area (Å²) in [6, 6.07) is 9.23. The highest BCUT2D eigenvalue weighted by Gasteiger charge is 2.31. The second-order valence-corrected chi connectivity index (χ2v) is 11.3. The van der Waals surface area contributed by atoms with Gasteiger partial charge in [-0.15, -0.1) is 10.2 Å². The lowest BCUT2D eigenvalue weighted by Gasteiger charge is -2.34. The fourth-order valence-corrected chi connectivity index (χ4v) is 6.73. The summed E-state index contributed by atoms with van der Waals surface area (Å²) in [6.45, 7) is 1.35. The van der Waals surface area contributed by atoms with Crippen molar-refractivity contribution >= 4 is 27.7 Å². The number of pyridine rings is 1. The van der Waals surface area contributed by atoms with Gasteiger partial charge in [-0.05, 0) is 54.7 Å². The van der Waals surface area contributed by atoms with Gasteiger partial charge in [-0.25, -0.2) is 8.42 Å². The molecular weight excluding hydrogens is 472 g/mol. The third-order valence-electron chi connectivity index (χ3n) is 6.38. The van der Waals surface area contributed by atoms with Crippen molar-refractivity contribution in [2.75, 3.05) is 31.9 Å². The summed E-state index contributed by atoms with van der Waals surface area (Å²) < 4.78 is 29.6. The Labute approximate surface area is 203 Å². The van der Waals surface area contributed by atoms with E-state index in [1.54, 1.807) is 23.4 Å². The lowest BCUT2D eigenvalue weighted by molar-refractivity contribution is -0.129. The van der Waals surface area contributed by atoms with Crippen molar-refractivity contribution in [1.29, 1.82) is 0 Å². The number of hydrogen-bond acceptors (Lipinski definition) is 7. The molecule has 3 heterocycles. The van der Waals surface area contributed by atoms with Crippen molar-refractivity contribution in [3.05, 3.63) is 53.9 Å². The molecule has 2 aromatic heterocycles. The SMILES string of the molecule is Cn1c(SCC(=O)N2CCN(S(=O)(=O)c3ccc4c(c3)CCC4)CC2)nnc1-c1cccnc1. The number of aromatic nitrogens is 4. The first-order valence-electron chi connectivity index (χ1n) is 11.3. The molecule has 2 aliphatic rings. The van der Waals surface area contributed by atoms with Crippen LogP contribution in [0.3, 0.4) is 0 Å². The number of hydrogen-bond donors (Lipinski definition) is 0. The van der Waals surface area contributed by atoms with E-state index in [2.05, 4.69) is 15.2 Å². The summed E-state index contributed by atoms with van der Waals surface area (Å²) in [6.07, 6.45) is 6.46. The summed E-state index contributed by atoms with van der Waals surface area (Å²) >= 11 is 1.32. The number of benzene rings is 1. The first kappa shape index (κ1) is 23.0. The van der Waals surface area contributed by atoms with E-state index in [0.29, 0.717) is 42.1 Å². The second-order valence-electron chi connectivity index (χ2n) is 8.46. The van der Waals surface area contributed by atoms with Crippen LogP contribution < -0.4 is 0 Å². The van der Waals surface area contributed by atoms with Crippen LogP contribution >= 0.6 is 11.8 Å². The van der Waals surface area contributed by atoms with E-state index in [-0.39, 0.29) is 11.7 Å². The van der Waals surface area contributed by atoms with E-state index < -0.39 is 10.0 Å². The molecule has 3 aromatic rings. The van der Waals surface area contributed by atoms with Gasteiger partial charge in [0.05, 0.1) is 10.6 Å². The third kappa shape index (κ3) is 4.47. The minimum Gasteiger partial charge on any atom is -0.339 e.